The summed E-state index contributed by atoms with van der Waals surface area (Å²) in [5.41, 5.74) is -0.241. The second-order valence-electron chi connectivity index (χ2n) is 12.4. The van der Waals surface area contributed by atoms with Gasteiger partial charge >= 0.3 is 12.1 Å². The number of hydrogen-bond donors (Lipinski definition) is 1. The van der Waals surface area contributed by atoms with Gasteiger partial charge in [-0.1, -0.05) is 27.7 Å². The van der Waals surface area contributed by atoms with Crippen molar-refractivity contribution in [3.8, 4) is 17.0 Å². The molecule has 216 valence electrons. The molecule has 1 saturated heterocycles. The molecule has 3 rings (SSSR count). The number of carbonyl (C=O) groups is 1. The van der Waals surface area contributed by atoms with Crippen LogP contribution in [0.1, 0.15) is 84.4 Å². The Morgan fingerprint density at radius 1 is 1.15 bits per heavy atom. The molecule has 7 nitrogen and oxygen atoms in total. The smallest absolute Gasteiger partial charge is 0.437 e. The molecule has 1 unspecified atom stereocenters. The number of rotatable bonds is 8. The fourth-order valence-corrected chi connectivity index (χ4v) is 4.54. The molecule has 0 aliphatic carbocycles. The van der Waals surface area contributed by atoms with Crippen LogP contribution in [0.4, 0.5) is 18.9 Å². The molecule has 0 bridgehead atoms. The number of aliphatic carboxylic acids is 1. The number of nitrogens with zero attached hydrogens (tertiary/aromatic N) is 3. The van der Waals surface area contributed by atoms with Crippen LogP contribution in [-0.2, 0) is 15.7 Å². The normalized spacial score (nSPS) is 16.9. The van der Waals surface area contributed by atoms with E-state index in [1.54, 1.807) is 27.7 Å². The van der Waals surface area contributed by atoms with E-state index in [0.717, 1.165) is 12.8 Å². The van der Waals surface area contributed by atoms with Gasteiger partial charge in [0.05, 0.1) is 23.6 Å². The van der Waals surface area contributed by atoms with Gasteiger partial charge in [0.15, 0.2) is 11.8 Å². The Bertz CT molecular complexity index is 1180. The number of halogens is 3. The van der Waals surface area contributed by atoms with Gasteiger partial charge in [-0.2, -0.15) is 13.2 Å². The highest BCUT2D eigenvalue weighted by Crippen LogP contribution is 2.44. The van der Waals surface area contributed by atoms with Gasteiger partial charge in [-0.05, 0) is 64.0 Å². The van der Waals surface area contributed by atoms with Crippen LogP contribution in [0.25, 0.3) is 11.3 Å². The van der Waals surface area contributed by atoms with Gasteiger partial charge in [0.25, 0.3) is 0 Å². The minimum atomic E-state index is -4.75. The lowest BCUT2D eigenvalue weighted by Gasteiger charge is -2.40. The standard InChI is InChI=1S/C29H40F3N3O4/c1-17(2)16-38-21-10-9-20(34-25(21)29(30,31)32)19-15-33-18(3)22(24(26(36)37)39-27(4,5)6)23(19)35-13-11-28(7,8)12-14-35/h9-10,15,17,24H,11-14,16H2,1-8H3,(H,36,37). The first-order valence-corrected chi connectivity index (χ1v) is 13.3. The van der Waals surface area contributed by atoms with Crippen molar-refractivity contribution < 1.29 is 32.5 Å². The predicted molar refractivity (Wildman–Crippen MR) is 144 cm³/mol. The summed E-state index contributed by atoms with van der Waals surface area (Å²) in [5.74, 6) is -1.52. The van der Waals surface area contributed by atoms with Gasteiger partial charge < -0.3 is 19.5 Å². The largest absolute Gasteiger partial charge is 0.491 e. The van der Waals surface area contributed by atoms with E-state index in [1.165, 1.54) is 18.3 Å². The molecule has 2 aromatic rings. The van der Waals surface area contributed by atoms with Crippen LogP contribution in [0.2, 0.25) is 0 Å². The van der Waals surface area contributed by atoms with E-state index in [9.17, 15) is 23.1 Å². The number of piperidine rings is 1. The molecule has 0 aromatic carbocycles. The lowest BCUT2D eigenvalue weighted by molar-refractivity contribution is -0.160. The highest BCUT2D eigenvalue weighted by molar-refractivity contribution is 5.85. The van der Waals surface area contributed by atoms with Gasteiger partial charge in [0.1, 0.15) is 5.75 Å². The van der Waals surface area contributed by atoms with Crippen LogP contribution in [0.5, 0.6) is 5.75 Å². The number of pyridine rings is 2. The zero-order valence-electron chi connectivity index (χ0n) is 24.1. The zero-order chi connectivity index (χ0) is 29.3. The van der Waals surface area contributed by atoms with Crippen LogP contribution in [0, 0.1) is 18.3 Å². The number of aromatic nitrogens is 2. The fraction of sp³-hybridized carbons (Fsp3) is 0.621. The van der Waals surface area contributed by atoms with Crippen molar-refractivity contribution in [2.75, 3.05) is 24.6 Å². The lowest BCUT2D eigenvalue weighted by atomic mass is 9.82. The van der Waals surface area contributed by atoms with Crippen LogP contribution in [0.15, 0.2) is 18.3 Å². The molecule has 1 N–H and O–H groups in total. The van der Waals surface area contributed by atoms with Gasteiger partial charge in [-0.3, -0.25) is 4.98 Å². The minimum absolute atomic E-state index is 0.0281. The number of hydrogen-bond acceptors (Lipinski definition) is 6. The van der Waals surface area contributed by atoms with Crippen molar-refractivity contribution >= 4 is 11.7 Å². The average Bonchev–Trinajstić information content (AvgIpc) is 2.80. The molecule has 1 fully saturated rings. The van der Waals surface area contributed by atoms with Crippen molar-refractivity contribution in [3.05, 3.63) is 35.3 Å². The molecule has 0 spiro atoms. The number of carboxylic acid groups (broad SMARTS) is 1. The maximum Gasteiger partial charge on any atom is 0.437 e. The molecule has 1 atom stereocenters. The first-order chi connectivity index (χ1) is 17.9. The Balaban J connectivity index is 2.27. The minimum Gasteiger partial charge on any atom is -0.491 e. The van der Waals surface area contributed by atoms with E-state index in [0.29, 0.717) is 35.6 Å². The molecule has 3 heterocycles. The summed E-state index contributed by atoms with van der Waals surface area (Å²) in [6, 6.07) is 2.75. The second kappa shape index (κ2) is 11.3. The van der Waals surface area contributed by atoms with E-state index in [4.69, 9.17) is 9.47 Å². The van der Waals surface area contributed by atoms with Crippen molar-refractivity contribution in [2.24, 2.45) is 11.3 Å². The Morgan fingerprint density at radius 3 is 2.28 bits per heavy atom. The number of alkyl halides is 3. The topological polar surface area (TPSA) is 84.8 Å². The molecule has 1 aliphatic heterocycles. The van der Waals surface area contributed by atoms with Crippen molar-refractivity contribution in [3.63, 3.8) is 0 Å². The number of ether oxygens (including phenoxy) is 2. The van der Waals surface area contributed by atoms with Crippen LogP contribution >= 0.6 is 0 Å². The van der Waals surface area contributed by atoms with Crippen LogP contribution < -0.4 is 9.64 Å². The number of anilines is 1. The Hall–Kier alpha value is -2.88. The third-order valence-corrected chi connectivity index (χ3v) is 6.65. The summed E-state index contributed by atoms with van der Waals surface area (Å²) in [7, 11) is 0. The predicted octanol–water partition coefficient (Wildman–Crippen LogP) is 7.07. The molecule has 0 amide bonds. The molecule has 10 heteroatoms. The molecule has 2 aromatic heterocycles. The Morgan fingerprint density at radius 2 is 1.77 bits per heavy atom. The van der Waals surface area contributed by atoms with Crippen LogP contribution in [-0.4, -0.2) is 46.3 Å². The first kappa shape index (κ1) is 30.7. The van der Waals surface area contributed by atoms with Gasteiger partial charge in [0, 0.05) is 36.1 Å². The molecule has 1 aliphatic rings. The number of aryl methyl sites for hydroxylation is 1. The first-order valence-electron chi connectivity index (χ1n) is 13.3. The van der Waals surface area contributed by atoms with Crippen molar-refractivity contribution in [1.82, 2.24) is 9.97 Å². The van der Waals surface area contributed by atoms with E-state index < -0.39 is 29.5 Å². The third-order valence-electron chi connectivity index (χ3n) is 6.65. The van der Waals surface area contributed by atoms with Crippen molar-refractivity contribution in [2.45, 2.75) is 86.1 Å². The summed E-state index contributed by atoms with van der Waals surface area (Å²) in [6.07, 6.45) is -3.00. The van der Waals surface area contributed by atoms with Crippen molar-refractivity contribution in [1.29, 1.82) is 0 Å². The Kier molecular flexibility index (Phi) is 8.89. The summed E-state index contributed by atoms with van der Waals surface area (Å²) in [4.78, 5) is 23.0. The number of carboxylic acids is 1. The average molecular weight is 552 g/mol. The maximum absolute atomic E-state index is 14.1. The quantitative estimate of drug-likeness (QED) is 0.375. The fourth-order valence-electron chi connectivity index (χ4n) is 4.54. The highest BCUT2D eigenvalue weighted by Gasteiger charge is 2.39. The lowest BCUT2D eigenvalue weighted by Crippen LogP contribution is -2.39. The monoisotopic (exact) mass is 551 g/mol. The van der Waals surface area contributed by atoms with Gasteiger partial charge in [-0.15, -0.1) is 0 Å². The van der Waals surface area contributed by atoms with E-state index >= 15 is 0 Å². The summed E-state index contributed by atoms with van der Waals surface area (Å²) < 4.78 is 53.8. The molecular formula is C29H40F3N3O4. The van der Waals surface area contributed by atoms with E-state index in [-0.39, 0.29) is 29.4 Å². The second-order valence-corrected chi connectivity index (χ2v) is 12.4. The van der Waals surface area contributed by atoms with Gasteiger partial charge in [0.2, 0.25) is 0 Å². The molecule has 39 heavy (non-hydrogen) atoms. The highest BCUT2D eigenvalue weighted by atomic mass is 19.4. The van der Waals surface area contributed by atoms with Crippen LogP contribution in [0.3, 0.4) is 0 Å². The Labute approximate surface area is 228 Å². The summed E-state index contributed by atoms with van der Waals surface area (Å²) >= 11 is 0. The SMILES string of the molecule is Cc1ncc(-c2ccc(OCC(C)C)c(C(F)(F)F)n2)c(N2CCC(C)(C)CC2)c1C(OC(C)(C)C)C(=O)O. The maximum atomic E-state index is 14.1. The zero-order valence-corrected chi connectivity index (χ0v) is 24.1. The summed E-state index contributed by atoms with van der Waals surface area (Å²) in [6.45, 7) is 16.3. The van der Waals surface area contributed by atoms with Gasteiger partial charge in [-0.25, -0.2) is 9.78 Å². The molecular weight excluding hydrogens is 511 g/mol. The van der Waals surface area contributed by atoms with E-state index in [2.05, 4.69) is 23.8 Å². The van der Waals surface area contributed by atoms with E-state index in [1.807, 2.05) is 18.7 Å². The molecule has 0 saturated carbocycles. The summed E-state index contributed by atoms with van der Waals surface area (Å²) in [5, 5.41) is 10.2. The molecule has 0 radical (unpaired) electrons. The third kappa shape index (κ3) is 7.62.